The second-order valence-corrected chi connectivity index (χ2v) is 7.60. The molecule has 0 atom stereocenters. The maximum Gasteiger partial charge on any atom is 0.231 e. The Morgan fingerprint density at radius 3 is 2.50 bits per heavy atom. The summed E-state index contributed by atoms with van der Waals surface area (Å²) in [5.41, 5.74) is 3.75. The van der Waals surface area contributed by atoms with Crippen LogP contribution in [0, 0.1) is 12.8 Å². The first kappa shape index (κ1) is 21.9. The number of hydrogen-bond donors (Lipinski definition) is 2. The van der Waals surface area contributed by atoms with Gasteiger partial charge in [-0.1, -0.05) is 32.1 Å². The van der Waals surface area contributed by atoms with Crippen molar-refractivity contribution in [1.29, 1.82) is 0 Å². The molecule has 7 heteroatoms. The van der Waals surface area contributed by atoms with Crippen molar-refractivity contribution in [3.8, 4) is 0 Å². The van der Waals surface area contributed by atoms with Crippen LogP contribution in [-0.4, -0.2) is 43.3 Å². The lowest BCUT2D eigenvalue weighted by Gasteiger charge is -2.28. The Hall–Kier alpha value is -2.80. The molecule has 0 radical (unpaired) electrons. The highest BCUT2D eigenvalue weighted by Gasteiger charge is 2.23. The number of fused-ring (bicyclic) bond motifs is 1. The van der Waals surface area contributed by atoms with Crippen LogP contribution < -0.4 is 15.5 Å². The van der Waals surface area contributed by atoms with Crippen LogP contribution in [0.2, 0.25) is 0 Å². The van der Waals surface area contributed by atoms with Gasteiger partial charge in [0.2, 0.25) is 5.95 Å². The topological polar surface area (TPSA) is 75.5 Å². The summed E-state index contributed by atoms with van der Waals surface area (Å²) < 4.78 is 11.6. The molecule has 1 aliphatic heterocycles. The summed E-state index contributed by atoms with van der Waals surface area (Å²) >= 11 is 0. The first-order chi connectivity index (χ1) is 14.5. The quantitative estimate of drug-likeness (QED) is 0.651. The van der Waals surface area contributed by atoms with E-state index in [1.165, 1.54) is 5.57 Å². The minimum atomic E-state index is 0.422. The highest BCUT2D eigenvalue weighted by molar-refractivity contribution is 5.93. The van der Waals surface area contributed by atoms with Crippen molar-refractivity contribution in [2.24, 2.45) is 5.92 Å². The summed E-state index contributed by atoms with van der Waals surface area (Å²) in [7, 11) is 1.89. The molecule has 0 unspecified atom stereocenters. The normalized spacial score (nSPS) is 16.2. The lowest BCUT2D eigenvalue weighted by molar-refractivity contribution is 0.122. The molecule has 0 amide bonds. The minimum absolute atomic E-state index is 0.422. The van der Waals surface area contributed by atoms with Crippen molar-refractivity contribution >= 4 is 28.9 Å². The van der Waals surface area contributed by atoms with Crippen LogP contribution in [0.3, 0.4) is 0 Å². The number of furan rings is 1. The number of aryl methyl sites for hydroxylation is 1. The van der Waals surface area contributed by atoms with Gasteiger partial charge in [-0.3, -0.25) is 0 Å². The van der Waals surface area contributed by atoms with E-state index in [-0.39, 0.29) is 0 Å². The van der Waals surface area contributed by atoms with Crippen LogP contribution in [0.5, 0.6) is 0 Å². The Balaban J connectivity index is 2.09. The van der Waals surface area contributed by atoms with Gasteiger partial charge in [0, 0.05) is 25.7 Å². The third-order valence-corrected chi connectivity index (χ3v) is 5.21. The largest absolute Gasteiger partial charge is 0.455 e. The molecule has 30 heavy (non-hydrogen) atoms. The summed E-state index contributed by atoms with van der Waals surface area (Å²) in [4.78, 5) is 11.8. The zero-order valence-corrected chi connectivity index (χ0v) is 18.9. The average molecular weight is 412 g/mol. The summed E-state index contributed by atoms with van der Waals surface area (Å²) in [6.07, 6.45) is 8.25. The molecule has 1 fully saturated rings. The number of ether oxygens (including phenoxy) is 1. The summed E-state index contributed by atoms with van der Waals surface area (Å²) in [6.45, 7) is 13.3. The zero-order chi connectivity index (χ0) is 21.7. The lowest BCUT2D eigenvalue weighted by atomic mass is 10.0. The fourth-order valence-corrected chi connectivity index (χ4v) is 3.54. The molecule has 162 valence electrons. The predicted molar refractivity (Wildman–Crippen MR) is 124 cm³/mol. The van der Waals surface area contributed by atoms with Crippen LogP contribution in [0.15, 0.2) is 34.0 Å². The Bertz CT molecular complexity index is 966. The highest BCUT2D eigenvalue weighted by atomic mass is 16.5. The van der Waals surface area contributed by atoms with E-state index in [4.69, 9.17) is 19.1 Å². The summed E-state index contributed by atoms with van der Waals surface area (Å²) in [5, 5.41) is 6.58. The van der Waals surface area contributed by atoms with Gasteiger partial charge in [0.25, 0.3) is 0 Å². The number of anilines is 2. The second-order valence-electron chi connectivity index (χ2n) is 7.60. The van der Waals surface area contributed by atoms with E-state index >= 15 is 0 Å². The average Bonchev–Trinajstić information content (AvgIpc) is 3.06. The van der Waals surface area contributed by atoms with Crippen molar-refractivity contribution in [1.82, 2.24) is 15.3 Å². The first-order valence-electron chi connectivity index (χ1n) is 10.6. The van der Waals surface area contributed by atoms with Crippen molar-refractivity contribution < 1.29 is 9.15 Å². The lowest BCUT2D eigenvalue weighted by Crippen LogP contribution is -2.37. The van der Waals surface area contributed by atoms with Gasteiger partial charge < -0.3 is 24.7 Å². The van der Waals surface area contributed by atoms with Gasteiger partial charge in [0.1, 0.15) is 17.1 Å². The van der Waals surface area contributed by atoms with Gasteiger partial charge >= 0.3 is 0 Å². The SMILES string of the molecule is C/C=C\c1c(C)oc2c(N3CCOCC3)nc(N/C(=C/C(=C\C)C(C)C)NC)nc12. The van der Waals surface area contributed by atoms with E-state index in [2.05, 4.69) is 48.5 Å². The molecule has 0 bridgehead atoms. The molecule has 1 aliphatic rings. The second kappa shape index (κ2) is 9.80. The van der Waals surface area contributed by atoms with E-state index in [1.807, 2.05) is 33.0 Å². The molecule has 7 nitrogen and oxygen atoms in total. The standard InChI is InChI=1S/C23H33N5O2/c1-7-9-18-16(5)30-21-20(18)26-23(27-22(21)28-10-12-29-13-11-28)25-19(24-6)14-17(8-2)15(3)4/h7-9,14-15,24H,10-13H2,1-6H3,(H,25,26,27)/b9-7-,17-8+,19-14+. The number of hydrogen-bond acceptors (Lipinski definition) is 7. The first-order valence-corrected chi connectivity index (χ1v) is 10.6. The third-order valence-electron chi connectivity index (χ3n) is 5.21. The van der Waals surface area contributed by atoms with E-state index in [0.717, 1.165) is 47.2 Å². The fourth-order valence-electron chi connectivity index (χ4n) is 3.54. The molecule has 0 spiro atoms. The molecule has 0 aliphatic carbocycles. The monoisotopic (exact) mass is 411 g/mol. The van der Waals surface area contributed by atoms with Crippen molar-refractivity contribution in [3.05, 3.63) is 40.9 Å². The molecular weight excluding hydrogens is 378 g/mol. The summed E-state index contributed by atoms with van der Waals surface area (Å²) in [5.74, 6) is 3.44. The van der Waals surface area contributed by atoms with E-state index < -0.39 is 0 Å². The Morgan fingerprint density at radius 1 is 1.17 bits per heavy atom. The van der Waals surface area contributed by atoms with Gasteiger partial charge in [-0.2, -0.15) is 4.98 Å². The predicted octanol–water partition coefficient (Wildman–Crippen LogP) is 4.48. The van der Waals surface area contributed by atoms with Gasteiger partial charge in [-0.05, 0) is 38.3 Å². The highest BCUT2D eigenvalue weighted by Crippen LogP contribution is 2.33. The van der Waals surface area contributed by atoms with Crippen LogP contribution in [0.4, 0.5) is 11.8 Å². The van der Waals surface area contributed by atoms with Crippen molar-refractivity contribution in [3.63, 3.8) is 0 Å². The molecule has 1 saturated heterocycles. The number of aromatic nitrogens is 2. The maximum atomic E-state index is 6.11. The molecule has 2 aromatic heterocycles. The Labute approximate surface area is 178 Å². The van der Waals surface area contributed by atoms with Crippen molar-refractivity contribution in [2.45, 2.75) is 34.6 Å². The smallest absolute Gasteiger partial charge is 0.231 e. The molecule has 3 rings (SSSR count). The number of nitrogens with zero attached hydrogens (tertiary/aromatic N) is 3. The molecule has 3 heterocycles. The molecule has 0 saturated carbocycles. The fraction of sp³-hybridized carbons (Fsp3) is 0.478. The molecule has 2 N–H and O–H groups in total. The summed E-state index contributed by atoms with van der Waals surface area (Å²) in [6, 6.07) is 0. The molecule has 0 aromatic carbocycles. The van der Waals surface area contributed by atoms with E-state index in [0.29, 0.717) is 25.1 Å². The number of morpholine rings is 1. The van der Waals surface area contributed by atoms with E-state index in [9.17, 15) is 0 Å². The van der Waals surface area contributed by atoms with Crippen LogP contribution in [-0.2, 0) is 4.74 Å². The molecular formula is C23H33N5O2. The molecule has 2 aromatic rings. The van der Waals surface area contributed by atoms with Gasteiger partial charge in [0.05, 0.1) is 13.2 Å². The van der Waals surface area contributed by atoms with Crippen molar-refractivity contribution in [2.75, 3.05) is 43.6 Å². The Morgan fingerprint density at radius 2 is 1.90 bits per heavy atom. The maximum absolute atomic E-state index is 6.11. The number of allylic oxidation sites excluding steroid dienone is 4. The van der Waals surface area contributed by atoms with E-state index in [1.54, 1.807) is 0 Å². The van der Waals surface area contributed by atoms with Crippen LogP contribution >= 0.6 is 0 Å². The van der Waals surface area contributed by atoms with Crippen LogP contribution in [0.1, 0.15) is 39.0 Å². The van der Waals surface area contributed by atoms with Gasteiger partial charge in [-0.15, -0.1) is 0 Å². The number of nitrogens with one attached hydrogen (secondary N) is 2. The van der Waals surface area contributed by atoms with Gasteiger partial charge in [-0.25, -0.2) is 4.98 Å². The Kier molecular flexibility index (Phi) is 7.15. The minimum Gasteiger partial charge on any atom is -0.455 e. The van der Waals surface area contributed by atoms with Gasteiger partial charge in [0.15, 0.2) is 11.4 Å². The third kappa shape index (κ3) is 4.67. The zero-order valence-electron chi connectivity index (χ0n) is 18.9. The number of rotatable bonds is 7. The van der Waals surface area contributed by atoms with Crippen LogP contribution in [0.25, 0.3) is 17.2 Å².